The highest BCUT2D eigenvalue weighted by Crippen LogP contribution is 2.24. The highest BCUT2D eigenvalue weighted by Gasteiger charge is 2.22. The SMILES string of the molecule is CCn1c(SCCC(=O)NC(C)(C)CC(C)=O)nnc1-c1ccccc1. The van der Waals surface area contributed by atoms with Crippen molar-refractivity contribution in [2.24, 2.45) is 0 Å². The monoisotopic (exact) mass is 374 g/mol. The molecule has 2 rings (SSSR count). The Kier molecular flexibility index (Phi) is 6.97. The van der Waals surface area contributed by atoms with Gasteiger partial charge >= 0.3 is 0 Å². The molecule has 1 amide bonds. The zero-order chi connectivity index (χ0) is 19.2. The molecule has 0 aliphatic rings. The lowest BCUT2D eigenvalue weighted by Crippen LogP contribution is -2.44. The predicted octanol–water partition coefficient (Wildman–Crippen LogP) is 3.32. The number of carbonyl (C=O) groups is 2. The Morgan fingerprint density at radius 3 is 2.50 bits per heavy atom. The van der Waals surface area contributed by atoms with Crippen molar-refractivity contribution in [1.82, 2.24) is 20.1 Å². The summed E-state index contributed by atoms with van der Waals surface area (Å²) in [4.78, 5) is 23.4. The Hall–Kier alpha value is -2.15. The van der Waals surface area contributed by atoms with E-state index in [-0.39, 0.29) is 11.7 Å². The Morgan fingerprint density at radius 2 is 1.88 bits per heavy atom. The minimum absolute atomic E-state index is 0.0606. The molecule has 1 N–H and O–H groups in total. The third-order valence-corrected chi connectivity index (χ3v) is 4.76. The lowest BCUT2D eigenvalue weighted by molar-refractivity contribution is -0.123. The van der Waals surface area contributed by atoms with Gasteiger partial charge in [0.05, 0.1) is 0 Å². The fraction of sp³-hybridized carbons (Fsp3) is 0.474. The van der Waals surface area contributed by atoms with Crippen LogP contribution in [0.4, 0.5) is 0 Å². The highest BCUT2D eigenvalue weighted by atomic mass is 32.2. The highest BCUT2D eigenvalue weighted by molar-refractivity contribution is 7.99. The van der Waals surface area contributed by atoms with Gasteiger partial charge in [-0.25, -0.2) is 0 Å². The summed E-state index contributed by atoms with van der Waals surface area (Å²) in [7, 11) is 0. The second-order valence-electron chi connectivity index (χ2n) is 6.83. The van der Waals surface area contributed by atoms with E-state index in [1.54, 1.807) is 0 Å². The van der Waals surface area contributed by atoms with Gasteiger partial charge in [-0.05, 0) is 27.7 Å². The predicted molar refractivity (Wildman–Crippen MR) is 104 cm³/mol. The molecule has 6 nitrogen and oxygen atoms in total. The van der Waals surface area contributed by atoms with Gasteiger partial charge in [0.15, 0.2) is 11.0 Å². The number of hydrogen-bond acceptors (Lipinski definition) is 5. The maximum atomic E-state index is 12.1. The van der Waals surface area contributed by atoms with Crippen molar-refractivity contribution in [1.29, 1.82) is 0 Å². The van der Waals surface area contributed by atoms with Crippen LogP contribution < -0.4 is 5.32 Å². The Balaban J connectivity index is 1.93. The van der Waals surface area contributed by atoms with Gasteiger partial charge in [0.2, 0.25) is 5.91 Å². The summed E-state index contributed by atoms with van der Waals surface area (Å²) in [5.41, 5.74) is 0.509. The average molecular weight is 375 g/mol. The van der Waals surface area contributed by atoms with Crippen LogP contribution in [0.1, 0.15) is 40.5 Å². The summed E-state index contributed by atoms with van der Waals surface area (Å²) < 4.78 is 2.05. The normalized spacial score (nSPS) is 11.4. The molecule has 0 aliphatic heterocycles. The van der Waals surface area contributed by atoms with Crippen LogP contribution in [0.5, 0.6) is 0 Å². The van der Waals surface area contributed by atoms with Gasteiger partial charge in [-0.1, -0.05) is 42.1 Å². The topological polar surface area (TPSA) is 76.9 Å². The molecule has 26 heavy (non-hydrogen) atoms. The lowest BCUT2D eigenvalue weighted by atomic mass is 9.98. The number of ketones is 1. The molecule has 1 heterocycles. The van der Waals surface area contributed by atoms with Crippen LogP contribution >= 0.6 is 11.8 Å². The second kappa shape index (κ2) is 8.98. The molecule has 140 valence electrons. The van der Waals surface area contributed by atoms with Crippen molar-refractivity contribution in [3.8, 4) is 11.4 Å². The Labute approximate surface area is 158 Å². The van der Waals surface area contributed by atoms with Crippen molar-refractivity contribution in [3.05, 3.63) is 30.3 Å². The van der Waals surface area contributed by atoms with Crippen LogP contribution in [0.3, 0.4) is 0 Å². The Morgan fingerprint density at radius 1 is 1.19 bits per heavy atom. The quantitative estimate of drug-likeness (QED) is 0.681. The van der Waals surface area contributed by atoms with Crippen molar-refractivity contribution in [3.63, 3.8) is 0 Å². The Bertz CT molecular complexity index is 756. The smallest absolute Gasteiger partial charge is 0.221 e. The maximum absolute atomic E-state index is 12.1. The van der Waals surface area contributed by atoms with Gasteiger partial charge in [0, 0.05) is 36.2 Å². The molecule has 0 fully saturated rings. The van der Waals surface area contributed by atoms with E-state index in [0.717, 1.165) is 23.1 Å². The number of benzene rings is 1. The zero-order valence-electron chi connectivity index (χ0n) is 15.8. The standard InChI is InChI=1S/C19H26N4O2S/c1-5-23-17(15-9-7-6-8-10-15)21-22-18(23)26-12-11-16(25)20-19(3,4)13-14(2)24/h6-10H,5,11-13H2,1-4H3,(H,20,25). The van der Waals surface area contributed by atoms with Crippen molar-refractivity contribution in [2.75, 3.05) is 5.75 Å². The number of nitrogens with one attached hydrogen (secondary N) is 1. The lowest BCUT2D eigenvalue weighted by Gasteiger charge is -2.25. The van der Waals surface area contributed by atoms with Gasteiger partial charge in [-0.2, -0.15) is 0 Å². The molecule has 0 spiro atoms. The number of hydrogen-bond donors (Lipinski definition) is 1. The molecular weight excluding hydrogens is 348 g/mol. The molecule has 1 aromatic heterocycles. The number of rotatable bonds is 9. The fourth-order valence-electron chi connectivity index (χ4n) is 2.82. The van der Waals surface area contributed by atoms with Crippen molar-refractivity contribution in [2.45, 2.75) is 57.8 Å². The summed E-state index contributed by atoms with van der Waals surface area (Å²) >= 11 is 1.52. The third-order valence-electron chi connectivity index (χ3n) is 3.79. The van der Waals surface area contributed by atoms with Crippen LogP contribution in [-0.4, -0.2) is 37.7 Å². The first-order chi connectivity index (χ1) is 12.3. The van der Waals surface area contributed by atoms with E-state index in [9.17, 15) is 9.59 Å². The number of nitrogens with zero attached hydrogens (tertiary/aromatic N) is 3. The summed E-state index contributed by atoms with van der Waals surface area (Å²) in [6, 6.07) is 9.94. The van der Waals surface area contributed by atoms with Crippen LogP contribution in [0, 0.1) is 0 Å². The summed E-state index contributed by atoms with van der Waals surface area (Å²) in [6.07, 6.45) is 0.694. The minimum atomic E-state index is -0.516. The molecular formula is C19H26N4O2S. The number of amides is 1. The van der Waals surface area contributed by atoms with Crippen LogP contribution in [0.25, 0.3) is 11.4 Å². The van der Waals surface area contributed by atoms with E-state index in [0.29, 0.717) is 18.6 Å². The maximum Gasteiger partial charge on any atom is 0.221 e. The number of aromatic nitrogens is 3. The van der Waals surface area contributed by atoms with Gasteiger partial charge in [-0.3, -0.25) is 9.59 Å². The number of thioether (sulfide) groups is 1. The number of Topliss-reactive ketones (excluding diaryl/α,β-unsaturated/α-hetero) is 1. The third kappa shape index (κ3) is 5.69. The molecule has 7 heteroatoms. The first-order valence-corrected chi connectivity index (χ1v) is 9.73. The van der Waals surface area contributed by atoms with Gasteiger partial charge in [-0.15, -0.1) is 10.2 Å². The number of carbonyl (C=O) groups excluding carboxylic acids is 2. The van der Waals surface area contributed by atoms with Crippen molar-refractivity contribution >= 4 is 23.5 Å². The first-order valence-electron chi connectivity index (χ1n) is 8.74. The molecule has 0 unspecified atom stereocenters. The van der Waals surface area contributed by atoms with E-state index in [4.69, 9.17) is 0 Å². The molecule has 0 atom stereocenters. The van der Waals surface area contributed by atoms with Gasteiger partial charge in [0.1, 0.15) is 5.78 Å². The fourth-order valence-corrected chi connectivity index (χ4v) is 3.76. The van der Waals surface area contributed by atoms with Crippen LogP contribution in [-0.2, 0) is 16.1 Å². The summed E-state index contributed by atoms with van der Waals surface area (Å²) in [6.45, 7) is 8.07. The molecule has 0 radical (unpaired) electrons. The molecule has 0 bridgehead atoms. The van der Waals surface area contributed by atoms with E-state index in [1.165, 1.54) is 18.7 Å². The van der Waals surface area contributed by atoms with Gasteiger partial charge in [0.25, 0.3) is 0 Å². The van der Waals surface area contributed by atoms with E-state index in [2.05, 4.69) is 27.0 Å². The molecule has 2 aromatic rings. The van der Waals surface area contributed by atoms with E-state index in [1.807, 2.05) is 44.2 Å². The largest absolute Gasteiger partial charge is 0.351 e. The van der Waals surface area contributed by atoms with Gasteiger partial charge < -0.3 is 9.88 Å². The summed E-state index contributed by atoms with van der Waals surface area (Å²) in [5.74, 6) is 1.45. The van der Waals surface area contributed by atoms with E-state index < -0.39 is 5.54 Å². The van der Waals surface area contributed by atoms with Crippen LogP contribution in [0.2, 0.25) is 0 Å². The second-order valence-corrected chi connectivity index (χ2v) is 7.89. The summed E-state index contributed by atoms with van der Waals surface area (Å²) in [5, 5.41) is 12.3. The average Bonchev–Trinajstić information content (AvgIpc) is 2.96. The van der Waals surface area contributed by atoms with E-state index >= 15 is 0 Å². The zero-order valence-corrected chi connectivity index (χ0v) is 16.6. The molecule has 0 aliphatic carbocycles. The molecule has 0 saturated heterocycles. The first kappa shape index (κ1) is 20.2. The minimum Gasteiger partial charge on any atom is -0.351 e. The van der Waals surface area contributed by atoms with Crippen molar-refractivity contribution < 1.29 is 9.59 Å². The molecule has 1 aromatic carbocycles. The molecule has 0 saturated carbocycles. The van der Waals surface area contributed by atoms with Crippen LogP contribution in [0.15, 0.2) is 35.5 Å².